The summed E-state index contributed by atoms with van der Waals surface area (Å²) < 4.78 is 14.4. The van der Waals surface area contributed by atoms with Crippen molar-refractivity contribution in [1.82, 2.24) is 10.4 Å². The lowest BCUT2D eigenvalue weighted by Gasteiger charge is -2.37. The number of hydroxylamine groups is 1. The van der Waals surface area contributed by atoms with Gasteiger partial charge in [-0.3, -0.25) is 10.1 Å². The maximum absolute atomic E-state index is 11.1. The minimum atomic E-state index is -1.36. The molecule has 10 rings (SSSR count). The second-order valence-electron chi connectivity index (χ2n) is 12.5. The summed E-state index contributed by atoms with van der Waals surface area (Å²) in [6, 6.07) is 44.3. The van der Waals surface area contributed by atoms with E-state index in [2.05, 4.69) is 125 Å². The van der Waals surface area contributed by atoms with E-state index >= 15 is 0 Å². The molecule has 5 heterocycles. The number of benzene rings is 5. The molecule has 2 unspecified atom stereocenters. The quantitative estimate of drug-likeness (QED) is 0.0767. The number of methoxy groups -OCH3 is 1. The predicted octanol–water partition coefficient (Wildman–Crippen LogP) is 7.78. The summed E-state index contributed by atoms with van der Waals surface area (Å²) in [5.74, 6) is 0.491. The second kappa shape index (κ2) is 17.1. The van der Waals surface area contributed by atoms with E-state index in [-0.39, 0.29) is 11.4 Å². The highest BCUT2D eigenvalue weighted by Gasteiger charge is 2.40. The summed E-state index contributed by atoms with van der Waals surface area (Å²) >= 11 is 2.12. The van der Waals surface area contributed by atoms with Gasteiger partial charge in [0.05, 0.1) is 27.9 Å². The summed E-state index contributed by atoms with van der Waals surface area (Å²) in [5.41, 5.74) is 7.74. The first-order chi connectivity index (χ1) is 25.8. The summed E-state index contributed by atoms with van der Waals surface area (Å²) in [5, 5.41) is 11.1. The first-order valence-corrected chi connectivity index (χ1v) is 17.9. The lowest BCUT2D eigenvalue weighted by atomic mass is 9.84. The van der Waals surface area contributed by atoms with Crippen LogP contribution in [-0.2, 0) is 20.8 Å². The molecule has 1 N–H and O–H groups in total. The van der Waals surface area contributed by atoms with E-state index in [9.17, 15) is 19.7 Å². The lowest BCUT2D eigenvalue weighted by Crippen LogP contribution is -2.29. The monoisotopic (exact) mass is 733 g/mol. The third kappa shape index (κ3) is 8.79. The highest BCUT2D eigenvalue weighted by atomic mass is 32.2. The van der Waals surface area contributed by atoms with Gasteiger partial charge in [0.15, 0.2) is 5.75 Å². The maximum atomic E-state index is 11.1. The molecule has 1 saturated heterocycles. The molecule has 1 amide bonds. The van der Waals surface area contributed by atoms with Crippen LogP contribution in [0, 0.1) is 10.1 Å². The minimum absolute atomic E-state index is 0.165. The molecule has 0 radical (unpaired) electrons. The van der Waals surface area contributed by atoms with Crippen LogP contribution in [0.1, 0.15) is 50.8 Å². The number of esters is 1. The number of likely N-dealkylation sites (tertiary alicyclic amines) is 1. The molecule has 4 bridgehead atoms. The van der Waals surface area contributed by atoms with Gasteiger partial charge in [0.1, 0.15) is 12.4 Å². The van der Waals surface area contributed by atoms with E-state index in [1.165, 1.54) is 53.9 Å². The molecule has 2 atom stereocenters. The normalized spacial score (nSPS) is 17.4. The van der Waals surface area contributed by atoms with Crippen LogP contribution in [0.5, 0.6) is 11.5 Å². The number of fused-ring (bicyclic) bond motifs is 10. The predicted molar refractivity (Wildman–Crippen MR) is 201 cm³/mol. The highest BCUT2D eigenvalue weighted by Crippen LogP contribution is 2.51. The number of nitro groups is 1. The van der Waals surface area contributed by atoms with Crippen molar-refractivity contribution < 1.29 is 33.6 Å². The van der Waals surface area contributed by atoms with Gasteiger partial charge in [-0.2, -0.15) is 5.48 Å². The molecule has 0 aromatic heterocycles. The van der Waals surface area contributed by atoms with E-state index in [4.69, 9.17) is 14.3 Å². The van der Waals surface area contributed by atoms with Crippen molar-refractivity contribution in [1.29, 1.82) is 0 Å². The van der Waals surface area contributed by atoms with Crippen LogP contribution in [0.25, 0.3) is 0 Å². The fraction of sp³-hybridized carbons (Fsp3) is 0.220. The molecule has 11 nitrogen and oxygen atoms in total. The van der Waals surface area contributed by atoms with E-state index in [1.807, 2.05) is 0 Å². The van der Waals surface area contributed by atoms with E-state index in [0.717, 1.165) is 12.1 Å². The zero-order chi connectivity index (χ0) is 37.2. The number of carbonyl (C=O) groups excluding carboxylic acids is 2. The van der Waals surface area contributed by atoms with Crippen molar-refractivity contribution in [3.8, 4) is 11.5 Å². The molecule has 12 heteroatoms. The van der Waals surface area contributed by atoms with Crippen molar-refractivity contribution >= 4 is 23.8 Å². The molecule has 1 fully saturated rings. The molecule has 0 saturated carbocycles. The van der Waals surface area contributed by atoms with Gasteiger partial charge in [-0.05, 0) is 73.1 Å². The number of ether oxygens (including phenoxy) is 3. The molecular formula is C41H39N3O8S. The smallest absolute Gasteiger partial charge is 0.440 e. The molecule has 5 aliphatic rings. The average molecular weight is 734 g/mol. The summed E-state index contributed by atoms with van der Waals surface area (Å²) in [6.45, 7) is 2.50. The summed E-state index contributed by atoms with van der Waals surface area (Å²) in [6.07, 6.45) is -0.732. The SMILES string of the molecule is CN1CCC(SC(c2ccccc2)(c2ccccc2)c2ccccc2)C1.COc1cc2ccc1COC(=O)NO2.O=C1OC([N+](=O)[O-])c2ccc1cc2. The van der Waals surface area contributed by atoms with Crippen molar-refractivity contribution in [2.45, 2.75) is 29.3 Å². The van der Waals surface area contributed by atoms with Gasteiger partial charge in [-0.25, -0.2) is 9.59 Å². The van der Waals surface area contributed by atoms with Gasteiger partial charge >= 0.3 is 18.3 Å². The van der Waals surface area contributed by atoms with E-state index in [1.54, 1.807) is 25.3 Å². The molecule has 53 heavy (non-hydrogen) atoms. The standard InChI is InChI=1S/C24H25NS.C9H9NO4.C8H5NO4/c1-25-18-17-23(19-25)26-24(20-11-5-2-6-12-20,21-13-7-3-8-14-21)22-15-9-4-10-16-22;1-12-8-4-7-3-2-6(8)5-13-9(11)10-14-7;10-8-6-3-1-5(2-4-6)7(13-8)9(11)12/h2-16,23H,17-19H2,1H3;2-4H,5H2,1H3,(H,10,11);1-4,7H. The molecule has 272 valence electrons. The van der Waals surface area contributed by atoms with Crippen LogP contribution < -0.4 is 15.1 Å². The zero-order valence-corrected chi connectivity index (χ0v) is 30.1. The topological polar surface area (TPSA) is 129 Å². The van der Waals surface area contributed by atoms with Gasteiger partial charge in [0.25, 0.3) is 0 Å². The lowest BCUT2D eigenvalue weighted by molar-refractivity contribution is -0.574. The molecule has 5 aliphatic heterocycles. The van der Waals surface area contributed by atoms with Crippen LogP contribution in [-0.4, -0.2) is 54.4 Å². The number of nitrogens with zero attached hydrogens (tertiary/aromatic N) is 2. The third-order valence-electron chi connectivity index (χ3n) is 8.94. The maximum Gasteiger partial charge on any atom is 0.440 e. The molecule has 0 aliphatic carbocycles. The van der Waals surface area contributed by atoms with Crippen LogP contribution in [0.15, 0.2) is 133 Å². The second-order valence-corrected chi connectivity index (χ2v) is 14.0. The number of rotatable bonds is 7. The third-order valence-corrected chi connectivity index (χ3v) is 10.7. The number of nitrogens with one attached hydrogen (secondary N) is 1. The van der Waals surface area contributed by atoms with Crippen LogP contribution >= 0.6 is 11.8 Å². The summed E-state index contributed by atoms with van der Waals surface area (Å²) in [7, 11) is 3.78. The Morgan fingerprint density at radius 1 is 0.849 bits per heavy atom. The fourth-order valence-electron chi connectivity index (χ4n) is 6.33. The number of carbonyl (C=O) groups is 2. The van der Waals surface area contributed by atoms with Gasteiger partial charge in [-0.15, -0.1) is 11.8 Å². The molecular weight excluding hydrogens is 695 g/mol. The first kappa shape index (κ1) is 36.9. The number of amides is 1. The van der Waals surface area contributed by atoms with Crippen molar-refractivity contribution in [3.63, 3.8) is 0 Å². The number of hydrogen-bond acceptors (Lipinski definition) is 10. The number of hydrogen-bond donors (Lipinski definition) is 1. The van der Waals surface area contributed by atoms with Crippen LogP contribution in [0.4, 0.5) is 4.79 Å². The van der Waals surface area contributed by atoms with Gasteiger partial charge < -0.3 is 23.9 Å². The zero-order valence-electron chi connectivity index (χ0n) is 29.3. The Balaban J connectivity index is 0.000000150. The Bertz CT molecular complexity index is 1900. The minimum Gasteiger partial charge on any atom is -0.496 e. The van der Waals surface area contributed by atoms with Gasteiger partial charge in [0, 0.05) is 23.4 Å². The summed E-state index contributed by atoms with van der Waals surface area (Å²) in [4.78, 5) is 39.3. The Labute approximate surface area is 311 Å². The fourth-order valence-corrected chi connectivity index (χ4v) is 8.20. The van der Waals surface area contributed by atoms with Crippen LogP contribution in [0.2, 0.25) is 0 Å². The van der Waals surface area contributed by atoms with Crippen molar-refractivity contribution in [2.75, 3.05) is 27.2 Å². The Morgan fingerprint density at radius 3 is 1.94 bits per heavy atom. The van der Waals surface area contributed by atoms with E-state index in [0.29, 0.717) is 27.9 Å². The highest BCUT2D eigenvalue weighted by molar-refractivity contribution is 8.01. The van der Waals surface area contributed by atoms with Crippen molar-refractivity contribution in [2.24, 2.45) is 0 Å². The Hall–Kier alpha value is -5.85. The molecule has 5 aromatic carbocycles. The van der Waals surface area contributed by atoms with Gasteiger partial charge in [0.2, 0.25) is 0 Å². The molecule has 5 aromatic rings. The largest absolute Gasteiger partial charge is 0.496 e. The molecule has 0 spiro atoms. The Morgan fingerprint density at radius 2 is 1.43 bits per heavy atom. The van der Waals surface area contributed by atoms with Crippen molar-refractivity contribution in [3.05, 3.63) is 177 Å². The Kier molecular flexibility index (Phi) is 11.9. The van der Waals surface area contributed by atoms with Crippen LogP contribution in [0.3, 0.4) is 0 Å². The van der Waals surface area contributed by atoms with E-state index < -0.39 is 23.2 Å². The van der Waals surface area contributed by atoms with Gasteiger partial charge in [-0.1, -0.05) is 91.0 Å². The first-order valence-electron chi connectivity index (χ1n) is 17.0. The number of thioether (sulfide) groups is 1. The average Bonchev–Trinajstić information content (AvgIpc) is 3.54.